The van der Waals surface area contributed by atoms with Gasteiger partial charge in [-0.15, -0.1) is 11.6 Å². The summed E-state index contributed by atoms with van der Waals surface area (Å²) < 4.78 is 0. The fourth-order valence-corrected chi connectivity index (χ4v) is 7.17. The van der Waals surface area contributed by atoms with Crippen molar-refractivity contribution in [3.63, 3.8) is 0 Å². The Hall–Kier alpha value is -6.23. The molecule has 0 saturated carbocycles. The molecule has 9 rings (SSSR count). The van der Waals surface area contributed by atoms with Crippen LogP contribution >= 0.6 is 11.6 Å². The summed E-state index contributed by atoms with van der Waals surface area (Å²) in [5.74, 6) is 0.460. The highest BCUT2D eigenvalue weighted by molar-refractivity contribution is 6.17. The van der Waals surface area contributed by atoms with Crippen molar-refractivity contribution in [2.24, 2.45) is 0 Å². The number of halogens is 1. The summed E-state index contributed by atoms with van der Waals surface area (Å²) in [6.07, 6.45) is 8.51. The molecule has 0 fully saturated rings. The van der Waals surface area contributed by atoms with Crippen molar-refractivity contribution in [1.82, 2.24) is 19.9 Å². The Morgan fingerprint density at radius 3 is 0.960 bits per heavy atom. The van der Waals surface area contributed by atoms with E-state index in [9.17, 15) is 0 Å². The number of benzene rings is 4. The molecule has 0 saturated heterocycles. The molecule has 2 N–H and O–H groups in total. The largest absolute Gasteiger partial charge is 0.354 e. The molecule has 5 heteroatoms. The third-order valence-electron chi connectivity index (χ3n) is 9.34. The highest BCUT2D eigenvalue weighted by atomic mass is 35.5. The lowest BCUT2D eigenvalue weighted by molar-refractivity contribution is 1.31. The molecule has 0 atom stereocenters. The number of hydrogen-bond donors (Lipinski definition) is 2. The van der Waals surface area contributed by atoms with Crippen LogP contribution in [0.3, 0.4) is 0 Å². The van der Waals surface area contributed by atoms with E-state index in [1.807, 2.05) is 18.2 Å². The molecule has 5 heterocycles. The SMILES string of the molecule is ClCc1ccc(-c2c3nc(c(-c4ccccc4)c4ccc([nH]4)c(-c4ccccc4)c4nc(c(-c5ccccc5)c5ccc2[nH]5)C=C4)C=C3)cc1. The predicted molar refractivity (Wildman–Crippen MR) is 210 cm³/mol. The second-order valence-electron chi connectivity index (χ2n) is 12.4. The average Bonchev–Trinajstić information content (AvgIpc) is 4.01. The summed E-state index contributed by atoms with van der Waals surface area (Å²) in [6, 6.07) is 48.5. The standard InChI is InChI=1S/C45H31ClN4/c46-28-29-16-18-33(19-17-29)45-40-26-24-38(49-40)43(31-12-6-2-7-13-31)36-22-20-34(47-36)42(30-10-4-1-5-11-30)35-21-23-37(48-35)44(32-14-8-3-9-15-32)39-25-27-41(45)50-39/h1-27,47,50H,28H2. The van der Waals surface area contributed by atoms with Crippen molar-refractivity contribution in [2.45, 2.75) is 5.88 Å². The van der Waals surface area contributed by atoms with Crippen molar-refractivity contribution in [3.8, 4) is 44.5 Å². The average molecular weight is 663 g/mol. The van der Waals surface area contributed by atoms with E-state index in [-0.39, 0.29) is 0 Å². The van der Waals surface area contributed by atoms with E-state index < -0.39 is 0 Å². The lowest BCUT2D eigenvalue weighted by atomic mass is 10.0. The molecule has 4 nitrogen and oxygen atoms in total. The summed E-state index contributed by atoms with van der Waals surface area (Å²) >= 11 is 6.20. The molecule has 0 spiro atoms. The third kappa shape index (κ3) is 5.36. The van der Waals surface area contributed by atoms with Crippen LogP contribution in [0.2, 0.25) is 0 Å². The summed E-state index contributed by atoms with van der Waals surface area (Å²) in [5, 5.41) is 0. The zero-order valence-corrected chi connectivity index (χ0v) is 27.8. The Kier molecular flexibility index (Phi) is 7.57. The molecular formula is C45H31ClN4. The maximum atomic E-state index is 6.20. The van der Waals surface area contributed by atoms with Crippen molar-refractivity contribution in [3.05, 3.63) is 168 Å². The second-order valence-corrected chi connectivity index (χ2v) is 12.7. The molecule has 50 heavy (non-hydrogen) atoms. The molecule has 0 amide bonds. The Morgan fingerprint density at radius 2 is 0.660 bits per heavy atom. The molecule has 7 aromatic rings. The number of nitrogens with zero attached hydrogens (tertiary/aromatic N) is 2. The summed E-state index contributed by atoms with van der Waals surface area (Å²) in [4.78, 5) is 18.3. The van der Waals surface area contributed by atoms with Crippen molar-refractivity contribution < 1.29 is 0 Å². The number of fused-ring (bicyclic) bond motifs is 8. The molecule has 0 unspecified atom stereocenters. The highest BCUT2D eigenvalue weighted by Crippen LogP contribution is 2.38. The minimum absolute atomic E-state index is 0.460. The van der Waals surface area contributed by atoms with Crippen LogP contribution in [-0.4, -0.2) is 19.9 Å². The second kappa shape index (κ2) is 12.7. The van der Waals surface area contributed by atoms with E-state index >= 15 is 0 Å². The number of H-pyrrole nitrogens is 2. The quantitative estimate of drug-likeness (QED) is 0.180. The molecule has 0 radical (unpaired) electrons. The first-order valence-electron chi connectivity index (χ1n) is 16.7. The van der Waals surface area contributed by atoms with Crippen LogP contribution in [0.25, 0.3) is 90.9 Å². The molecule has 3 aromatic heterocycles. The number of nitrogens with one attached hydrogen (secondary N) is 2. The van der Waals surface area contributed by atoms with Gasteiger partial charge in [-0.1, -0.05) is 115 Å². The van der Waals surface area contributed by atoms with Gasteiger partial charge in [0.2, 0.25) is 0 Å². The minimum atomic E-state index is 0.460. The van der Waals surface area contributed by atoms with Gasteiger partial charge in [-0.2, -0.15) is 0 Å². The van der Waals surface area contributed by atoms with Gasteiger partial charge in [-0.3, -0.25) is 0 Å². The van der Waals surface area contributed by atoms with Gasteiger partial charge >= 0.3 is 0 Å². The maximum absolute atomic E-state index is 6.20. The van der Waals surface area contributed by atoms with E-state index in [1.165, 1.54) is 0 Å². The van der Waals surface area contributed by atoms with Crippen LogP contribution in [0.5, 0.6) is 0 Å². The fourth-order valence-electron chi connectivity index (χ4n) is 7.00. The monoisotopic (exact) mass is 662 g/mol. The van der Waals surface area contributed by atoms with Crippen LogP contribution in [0.4, 0.5) is 0 Å². The van der Waals surface area contributed by atoms with Gasteiger partial charge in [0.05, 0.1) is 22.8 Å². The number of hydrogen-bond acceptors (Lipinski definition) is 2. The normalized spacial score (nSPS) is 12.0. The van der Waals surface area contributed by atoms with Gasteiger partial charge in [0.1, 0.15) is 0 Å². The number of rotatable bonds is 5. The van der Waals surface area contributed by atoms with Crippen LogP contribution < -0.4 is 0 Å². The van der Waals surface area contributed by atoms with Crippen molar-refractivity contribution in [1.29, 1.82) is 0 Å². The molecule has 238 valence electrons. The van der Waals surface area contributed by atoms with E-state index in [0.717, 1.165) is 94.9 Å². The Balaban J connectivity index is 1.47. The van der Waals surface area contributed by atoms with Gasteiger partial charge in [-0.25, -0.2) is 9.97 Å². The molecule has 2 aliphatic heterocycles. The van der Waals surface area contributed by atoms with E-state index in [0.29, 0.717) is 5.88 Å². The van der Waals surface area contributed by atoms with Crippen molar-refractivity contribution in [2.75, 3.05) is 0 Å². The predicted octanol–water partition coefficient (Wildman–Crippen LogP) is 12.1. The first-order valence-corrected chi connectivity index (χ1v) is 17.2. The van der Waals surface area contributed by atoms with Gasteiger partial charge in [0.25, 0.3) is 0 Å². The maximum Gasteiger partial charge on any atom is 0.0737 e. The van der Waals surface area contributed by atoms with Gasteiger partial charge < -0.3 is 9.97 Å². The van der Waals surface area contributed by atoms with Crippen molar-refractivity contribution >= 4 is 58.0 Å². The molecule has 8 bridgehead atoms. The summed E-state index contributed by atoms with van der Waals surface area (Å²) in [7, 11) is 0. The van der Waals surface area contributed by atoms with Crippen LogP contribution in [0.15, 0.2) is 140 Å². The first kappa shape index (κ1) is 29.9. The topological polar surface area (TPSA) is 57.4 Å². The third-order valence-corrected chi connectivity index (χ3v) is 9.65. The van der Waals surface area contributed by atoms with Crippen LogP contribution in [0, 0.1) is 0 Å². The molecule has 0 aliphatic carbocycles. The molecule has 4 aromatic carbocycles. The van der Waals surface area contributed by atoms with Gasteiger partial charge in [-0.05, 0) is 76.4 Å². The first-order chi connectivity index (χ1) is 24.7. The summed E-state index contributed by atoms with van der Waals surface area (Å²) in [6.45, 7) is 0. The number of aromatic nitrogens is 4. The van der Waals surface area contributed by atoms with E-state index in [1.54, 1.807) is 0 Å². The Labute approximate surface area is 295 Å². The number of alkyl halides is 1. The zero-order valence-electron chi connectivity index (χ0n) is 27.1. The van der Waals surface area contributed by atoms with Gasteiger partial charge in [0, 0.05) is 50.2 Å². The van der Waals surface area contributed by atoms with E-state index in [2.05, 4.69) is 156 Å². The number of aromatic amines is 2. The fraction of sp³-hybridized carbons (Fsp3) is 0.0222. The summed E-state index contributed by atoms with van der Waals surface area (Å²) in [5.41, 5.74) is 17.0. The Morgan fingerprint density at radius 1 is 0.360 bits per heavy atom. The lowest BCUT2D eigenvalue weighted by Crippen LogP contribution is -1.90. The highest BCUT2D eigenvalue weighted by Gasteiger charge is 2.18. The lowest BCUT2D eigenvalue weighted by Gasteiger charge is -2.07. The van der Waals surface area contributed by atoms with E-state index in [4.69, 9.17) is 21.6 Å². The van der Waals surface area contributed by atoms with Crippen LogP contribution in [-0.2, 0) is 5.88 Å². The van der Waals surface area contributed by atoms with Gasteiger partial charge in [0.15, 0.2) is 0 Å². The zero-order chi connectivity index (χ0) is 33.4. The van der Waals surface area contributed by atoms with Crippen LogP contribution in [0.1, 0.15) is 28.3 Å². The Bertz CT molecular complexity index is 2560. The minimum Gasteiger partial charge on any atom is -0.354 e. The smallest absolute Gasteiger partial charge is 0.0737 e. The molecule has 2 aliphatic rings. The molecular weight excluding hydrogens is 632 g/mol.